The van der Waals surface area contributed by atoms with Crippen molar-refractivity contribution in [3.8, 4) is 17.1 Å². The highest BCUT2D eigenvalue weighted by molar-refractivity contribution is 7.99. The number of nitrogens with two attached hydrogens (primary N) is 1. The fraction of sp³-hybridized carbons (Fsp3) is 0.318. The number of carbonyl (C=O) groups excluding carboxylic acids is 1. The number of benzene rings is 2. The fourth-order valence-corrected chi connectivity index (χ4v) is 5.75. The molecule has 180 valence electrons. The summed E-state index contributed by atoms with van der Waals surface area (Å²) in [4.78, 5) is 14.6. The van der Waals surface area contributed by atoms with E-state index in [0.29, 0.717) is 24.1 Å². The lowest BCUT2D eigenvalue weighted by atomic mass is 10.2. The number of ether oxygens (including phenoxy) is 1. The highest BCUT2D eigenvalue weighted by Gasteiger charge is 2.30. The first-order valence-corrected chi connectivity index (χ1v) is 13.0. The van der Waals surface area contributed by atoms with Crippen molar-refractivity contribution in [1.29, 1.82) is 0 Å². The molecule has 1 aliphatic heterocycles. The van der Waals surface area contributed by atoms with E-state index in [2.05, 4.69) is 10.2 Å². The summed E-state index contributed by atoms with van der Waals surface area (Å²) in [7, 11) is -1.98. The van der Waals surface area contributed by atoms with Gasteiger partial charge >= 0.3 is 0 Å². The number of thioether (sulfide) groups is 1. The van der Waals surface area contributed by atoms with Crippen LogP contribution in [0.15, 0.2) is 58.6 Å². The Hall–Kier alpha value is -3.09. The van der Waals surface area contributed by atoms with Crippen LogP contribution >= 0.6 is 11.8 Å². The molecular formula is C22H26N6O4S2. The maximum Gasteiger partial charge on any atom is 0.243 e. The summed E-state index contributed by atoms with van der Waals surface area (Å²) >= 11 is 1.19. The van der Waals surface area contributed by atoms with Crippen molar-refractivity contribution in [3.63, 3.8) is 0 Å². The number of aryl methyl sites for hydroxylation is 1. The maximum absolute atomic E-state index is 12.9. The molecule has 2 heterocycles. The second kappa shape index (κ2) is 10.0. The van der Waals surface area contributed by atoms with E-state index < -0.39 is 10.0 Å². The van der Waals surface area contributed by atoms with E-state index >= 15 is 0 Å². The monoisotopic (exact) mass is 502 g/mol. The van der Waals surface area contributed by atoms with Crippen LogP contribution in [0.5, 0.6) is 5.75 Å². The molecule has 0 radical (unpaired) electrons. The number of sulfonamides is 1. The number of rotatable bonds is 7. The first-order valence-electron chi connectivity index (χ1n) is 10.6. The van der Waals surface area contributed by atoms with Gasteiger partial charge in [0.15, 0.2) is 5.82 Å². The first-order chi connectivity index (χ1) is 16.3. The van der Waals surface area contributed by atoms with Gasteiger partial charge in [0.25, 0.3) is 0 Å². The van der Waals surface area contributed by atoms with Crippen LogP contribution in [0.4, 0.5) is 0 Å². The van der Waals surface area contributed by atoms with Gasteiger partial charge in [0, 0.05) is 31.7 Å². The largest absolute Gasteiger partial charge is 0.497 e. The SMILES string of the molecule is COc1ccc(-c2nnc(SCC(=O)N3CCN(S(=O)(=O)c4ccc(C)cc4)CC3)n2N)cc1. The van der Waals surface area contributed by atoms with Gasteiger partial charge < -0.3 is 15.5 Å². The summed E-state index contributed by atoms with van der Waals surface area (Å²) in [6.45, 7) is 3.07. The Balaban J connectivity index is 1.32. The summed E-state index contributed by atoms with van der Waals surface area (Å²) < 4.78 is 33.6. The Bertz CT molecular complexity index is 1250. The van der Waals surface area contributed by atoms with E-state index in [9.17, 15) is 13.2 Å². The molecule has 1 aliphatic rings. The van der Waals surface area contributed by atoms with Crippen molar-refractivity contribution in [2.45, 2.75) is 17.0 Å². The molecule has 0 saturated carbocycles. The van der Waals surface area contributed by atoms with Crippen LogP contribution in [0.25, 0.3) is 11.4 Å². The number of methoxy groups -OCH3 is 1. The van der Waals surface area contributed by atoms with Crippen molar-refractivity contribution in [3.05, 3.63) is 54.1 Å². The Morgan fingerprint density at radius 2 is 1.68 bits per heavy atom. The van der Waals surface area contributed by atoms with Crippen molar-refractivity contribution in [2.24, 2.45) is 0 Å². The quantitative estimate of drug-likeness (QED) is 0.382. The minimum Gasteiger partial charge on any atom is -0.497 e. The molecule has 0 unspecified atom stereocenters. The molecule has 10 nitrogen and oxygen atoms in total. The molecular weight excluding hydrogens is 476 g/mol. The summed E-state index contributed by atoms with van der Waals surface area (Å²) in [5.74, 6) is 7.37. The average Bonchev–Trinajstić information content (AvgIpc) is 3.23. The predicted molar refractivity (Wildman–Crippen MR) is 129 cm³/mol. The zero-order valence-corrected chi connectivity index (χ0v) is 20.6. The summed E-state index contributed by atoms with van der Waals surface area (Å²) in [6, 6.07) is 14.0. The van der Waals surface area contributed by atoms with Gasteiger partial charge in [-0.15, -0.1) is 10.2 Å². The molecule has 1 saturated heterocycles. The molecule has 2 N–H and O–H groups in total. The third-order valence-electron chi connectivity index (χ3n) is 5.59. The molecule has 1 aromatic heterocycles. The minimum absolute atomic E-state index is 0.105. The number of aromatic nitrogens is 3. The van der Waals surface area contributed by atoms with Gasteiger partial charge in [0.1, 0.15) is 5.75 Å². The van der Waals surface area contributed by atoms with Gasteiger partial charge in [-0.05, 0) is 43.3 Å². The molecule has 4 rings (SSSR count). The number of piperazine rings is 1. The predicted octanol–water partition coefficient (Wildman–Crippen LogP) is 1.60. The molecule has 0 atom stereocenters. The standard InChI is InChI=1S/C22H26N6O4S2/c1-16-3-9-19(10-4-16)34(30,31)27-13-11-26(12-14-27)20(29)15-33-22-25-24-21(28(22)23)17-5-7-18(32-2)8-6-17/h3-10H,11-15,23H2,1-2H3. The zero-order chi connectivity index (χ0) is 24.3. The van der Waals surface area contributed by atoms with E-state index in [0.717, 1.165) is 16.9 Å². The number of carbonyl (C=O) groups is 1. The van der Waals surface area contributed by atoms with Gasteiger partial charge in [-0.25, -0.2) is 13.1 Å². The molecule has 1 amide bonds. The van der Waals surface area contributed by atoms with Crippen molar-refractivity contribution >= 4 is 27.7 Å². The van der Waals surface area contributed by atoms with Crippen molar-refractivity contribution in [2.75, 3.05) is 44.9 Å². The molecule has 12 heteroatoms. The van der Waals surface area contributed by atoms with E-state index in [4.69, 9.17) is 10.6 Å². The van der Waals surface area contributed by atoms with E-state index in [-0.39, 0.29) is 29.6 Å². The van der Waals surface area contributed by atoms with Gasteiger partial charge in [0.2, 0.25) is 21.1 Å². The Morgan fingerprint density at radius 1 is 1.03 bits per heavy atom. The molecule has 34 heavy (non-hydrogen) atoms. The Labute approximate surface area is 202 Å². The van der Waals surface area contributed by atoms with E-state index in [1.807, 2.05) is 19.1 Å². The average molecular weight is 503 g/mol. The third-order valence-corrected chi connectivity index (χ3v) is 8.43. The third kappa shape index (κ3) is 5.03. The molecule has 2 aromatic carbocycles. The lowest BCUT2D eigenvalue weighted by molar-refractivity contribution is -0.129. The molecule has 1 fully saturated rings. The number of hydrogen-bond acceptors (Lipinski definition) is 8. The molecule has 0 aliphatic carbocycles. The van der Waals surface area contributed by atoms with Gasteiger partial charge in [-0.2, -0.15) is 4.31 Å². The topological polar surface area (TPSA) is 124 Å². The summed E-state index contributed by atoms with van der Waals surface area (Å²) in [6.07, 6.45) is 0. The number of amides is 1. The zero-order valence-electron chi connectivity index (χ0n) is 18.9. The van der Waals surface area contributed by atoms with Crippen LogP contribution in [-0.2, 0) is 14.8 Å². The minimum atomic E-state index is -3.57. The fourth-order valence-electron chi connectivity index (χ4n) is 3.57. The van der Waals surface area contributed by atoms with Crippen LogP contribution in [0, 0.1) is 6.92 Å². The first kappa shape index (κ1) is 24.0. The van der Waals surface area contributed by atoms with Crippen LogP contribution in [0.3, 0.4) is 0 Å². The number of nitrogen functional groups attached to an aromatic ring is 1. The second-order valence-corrected chi connectivity index (χ2v) is 10.7. The summed E-state index contributed by atoms with van der Waals surface area (Å²) in [5, 5.41) is 8.64. The second-order valence-electron chi connectivity index (χ2n) is 7.79. The van der Waals surface area contributed by atoms with Crippen LogP contribution in [0.2, 0.25) is 0 Å². The van der Waals surface area contributed by atoms with Gasteiger partial charge in [-0.3, -0.25) is 4.79 Å². The smallest absolute Gasteiger partial charge is 0.243 e. The van der Waals surface area contributed by atoms with Crippen molar-refractivity contribution < 1.29 is 17.9 Å². The maximum atomic E-state index is 12.9. The lowest BCUT2D eigenvalue weighted by Crippen LogP contribution is -2.51. The highest BCUT2D eigenvalue weighted by atomic mass is 32.2. The molecule has 0 spiro atoms. The summed E-state index contributed by atoms with van der Waals surface area (Å²) in [5.41, 5.74) is 1.77. The van der Waals surface area contributed by atoms with Crippen LogP contribution in [0.1, 0.15) is 5.56 Å². The van der Waals surface area contributed by atoms with E-state index in [1.54, 1.807) is 48.4 Å². The highest BCUT2D eigenvalue weighted by Crippen LogP contribution is 2.24. The molecule has 0 bridgehead atoms. The Morgan fingerprint density at radius 3 is 2.29 bits per heavy atom. The van der Waals surface area contributed by atoms with E-state index in [1.165, 1.54) is 20.7 Å². The lowest BCUT2D eigenvalue weighted by Gasteiger charge is -2.34. The number of hydrogen-bond donors (Lipinski definition) is 1. The Kier molecular flexibility index (Phi) is 7.10. The van der Waals surface area contributed by atoms with Crippen LogP contribution in [-0.4, -0.2) is 77.4 Å². The number of nitrogens with zero attached hydrogens (tertiary/aromatic N) is 5. The molecule has 3 aromatic rings. The van der Waals surface area contributed by atoms with Gasteiger partial charge in [-0.1, -0.05) is 29.5 Å². The van der Waals surface area contributed by atoms with Crippen molar-refractivity contribution in [1.82, 2.24) is 24.1 Å². The van der Waals surface area contributed by atoms with Crippen LogP contribution < -0.4 is 10.6 Å². The normalized spacial score (nSPS) is 14.8. The van der Waals surface area contributed by atoms with Gasteiger partial charge in [0.05, 0.1) is 17.8 Å².